The van der Waals surface area contributed by atoms with Gasteiger partial charge in [-0.05, 0) is 13.8 Å². The van der Waals surface area contributed by atoms with Gasteiger partial charge in [0.1, 0.15) is 5.82 Å². The van der Waals surface area contributed by atoms with E-state index in [1.807, 2.05) is 6.20 Å². The Labute approximate surface area is 111 Å². The summed E-state index contributed by atoms with van der Waals surface area (Å²) in [4.78, 5) is 9.08. The van der Waals surface area contributed by atoms with Crippen molar-refractivity contribution in [3.8, 4) is 0 Å². The van der Waals surface area contributed by atoms with Gasteiger partial charge in [0.05, 0.1) is 17.6 Å². The Hall–Kier alpha value is -1.16. The van der Waals surface area contributed by atoms with Crippen LogP contribution in [0, 0.1) is 0 Å². The average Bonchev–Trinajstić information content (AvgIpc) is 2.26. The fraction of sp³-hybridized carbons (Fsp3) is 0.714. The highest BCUT2D eigenvalue weighted by molar-refractivity contribution is 5.46. The lowest BCUT2D eigenvalue weighted by Crippen LogP contribution is -2.24. The molecule has 4 nitrogen and oxygen atoms in total. The lowest BCUT2D eigenvalue weighted by Gasteiger charge is -2.17. The average molecular weight is 250 g/mol. The van der Waals surface area contributed by atoms with Crippen molar-refractivity contribution in [2.75, 3.05) is 5.32 Å². The number of hydrogen-bond donors (Lipinski definition) is 2. The van der Waals surface area contributed by atoms with Crippen LogP contribution in [-0.4, -0.2) is 22.1 Å². The van der Waals surface area contributed by atoms with E-state index >= 15 is 0 Å². The Bertz CT molecular complexity index is 372. The van der Waals surface area contributed by atoms with Crippen molar-refractivity contribution in [1.82, 2.24) is 15.3 Å². The Kier molecular flexibility index (Phi) is 5.54. The van der Waals surface area contributed by atoms with E-state index in [2.05, 4.69) is 62.1 Å². The van der Waals surface area contributed by atoms with E-state index in [4.69, 9.17) is 0 Å². The highest BCUT2D eigenvalue weighted by Gasteiger charge is 2.10. The molecule has 0 bridgehead atoms. The van der Waals surface area contributed by atoms with Crippen LogP contribution in [0.3, 0.4) is 0 Å². The maximum absolute atomic E-state index is 4.66. The van der Waals surface area contributed by atoms with Crippen LogP contribution in [0.1, 0.15) is 59.0 Å². The lowest BCUT2D eigenvalue weighted by atomic mass is 10.2. The van der Waals surface area contributed by atoms with Gasteiger partial charge in [0.25, 0.3) is 0 Å². The molecule has 0 aromatic carbocycles. The van der Waals surface area contributed by atoms with Gasteiger partial charge in [-0.15, -0.1) is 0 Å². The third kappa shape index (κ3) is 4.61. The van der Waals surface area contributed by atoms with E-state index in [1.54, 1.807) is 0 Å². The fourth-order valence-electron chi connectivity index (χ4n) is 1.58. The van der Waals surface area contributed by atoms with Crippen LogP contribution in [0.2, 0.25) is 0 Å². The first-order chi connectivity index (χ1) is 8.40. The van der Waals surface area contributed by atoms with E-state index in [9.17, 15) is 0 Å². The molecule has 2 N–H and O–H groups in total. The Morgan fingerprint density at radius 3 is 2.22 bits per heavy atom. The number of aromatic nitrogens is 2. The lowest BCUT2D eigenvalue weighted by molar-refractivity contribution is 0.577. The molecule has 0 unspecified atom stereocenters. The zero-order valence-electron chi connectivity index (χ0n) is 12.4. The van der Waals surface area contributed by atoms with Gasteiger partial charge in [-0.1, -0.05) is 27.7 Å². The second-order valence-corrected chi connectivity index (χ2v) is 5.58. The van der Waals surface area contributed by atoms with Crippen LogP contribution in [0.5, 0.6) is 0 Å². The smallest absolute Gasteiger partial charge is 0.131 e. The molecule has 0 saturated carbocycles. The zero-order valence-corrected chi connectivity index (χ0v) is 12.4. The molecule has 102 valence electrons. The van der Waals surface area contributed by atoms with Crippen molar-refractivity contribution < 1.29 is 0 Å². The molecule has 0 amide bonds. The first-order valence-corrected chi connectivity index (χ1v) is 6.75. The summed E-state index contributed by atoms with van der Waals surface area (Å²) in [5, 5.41) is 6.81. The van der Waals surface area contributed by atoms with Gasteiger partial charge in [0.2, 0.25) is 0 Å². The molecule has 0 atom stereocenters. The Morgan fingerprint density at radius 1 is 1.06 bits per heavy atom. The summed E-state index contributed by atoms with van der Waals surface area (Å²) in [5.74, 6) is 1.26. The fourth-order valence-corrected chi connectivity index (χ4v) is 1.58. The third-order valence-electron chi connectivity index (χ3n) is 2.52. The minimum atomic E-state index is 0.357. The van der Waals surface area contributed by atoms with Gasteiger partial charge in [-0.2, -0.15) is 0 Å². The first kappa shape index (κ1) is 14.9. The van der Waals surface area contributed by atoms with Gasteiger partial charge < -0.3 is 10.6 Å². The monoisotopic (exact) mass is 250 g/mol. The van der Waals surface area contributed by atoms with Gasteiger partial charge in [-0.3, -0.25) is 0 Å². The van der Waals surface area contributed by atoms with E-state index in [-0.39, 0.29) is 0 Å². The Balaban J connectivity index is 2.94. The number of anilines is 1. The maximum Gasteiger partial charge on any atom is 0.131 e. The summed E-state index contributed by atoms with van der Waals surface area (Å²) >= 11 is 0. The largest absolute Gasteiger partial charge is 0.380 e. The van der Waals surface area contributed by atoms with Crippen molar-refractivity contribution in [3.63, 3.8) is 0 Å². The topological polar surface area (TPSA) is 49.8 Å². The standard InChI is InChI=1S/C14H26N4/c1-9(2)14-16-8-12(17-11(5)6)13(18-14)7-15-10(3)4/h8-11,15,17H,7H2,1-6H3. The first-order valence-electron chi connectivity index (χ1n) is 6.75. The van der Waals surface area contributed by atoms with Gasteiger partial charge >= 0.3 is 0 Å². The van der Waals surface area contributed by atoms with Gasteiger partial charge in [0.15, 0.2) is 0 Å². The summed E-state index contributed by atoms with van der Waals surface area (Å²) in [6, 6.07) is 0.839. The van der Waals surface area contributed by atoms with Crippen LogP contribution in [0.15, 0.2) is 6.20 Å². The van der Waals surface area contributed by atoms with Gasteiger partial charge in [0, 0.05) is 24.5 Å². The minimum absolute atomic E-state index is 0.357. The normalized spacial score (nSPS) is 11.6. The summed E-state index contributed by atoms with van der Waals surface area (Å²) in [6.07, 6.45) is 1.90. The molecule has 0 aliphatic carbocycles. The molecule has 0 aliphatic heterocycles. The second kappa shape index (κ2) is 6.69. The van der Waals surface area contributed by atoms with E-state index in [0.717, 1.165) is 23.8 Å². The predicted octanol–water partition coefficient (Wildman–Crippen LogP) is 2.92. The van der Waals surface area contributed by atoms with E-state index in [1.165, 1.54) is 0 Å². The Morgan fingerprint density at radius 2 is 1.72 bits per heavy atom. The van der Waals surface area contributed by atoms with Crippen LogP contribution in [0.4, 0.5) is 5.69 Å². The van der Waals surface area contributed by atoms with Crippen molar-refractivity contribution in [2.45, 2.75) is 66.1 Å². The number of nitrogens with one attached hydrogen (secondary N) is 2. The zero-order chi connectivity index (χ0) is 13.7. The van der Waals surface area contributed by atoms with Crippen molar-refractivity contribution in [2.24, 2.45) is 0 Å². The van der Waals surface area contributed by atoms with Crippen LogP contribution < -0.4 is 10.6 Å². The minimum Gasteiger partial charge on any atom is -0.380 e. The van der Waals surface area contributed by atoms with Crippen molar-refractivity contribution in [3.05, 3.63) is 17.7 Å². The van der Waals surface area contributed by atoms with Crippen LogP contribution >= 0.6 is 0 Å². The maximum atomic E-state index is 4.66. The third-order valence-corrected chi connectivity index (χ3v) is 2.52. The highest BCUT2D eigenvalue weighted by Crippen LogP contribution is 2.17. The highest BCUT2D eigenvalue weighted by atomic mass is 15.0. The molecule has 0 saturated heterocycles. The van der Waals surface area contributed by atoms with Crippen LogP contribution in [0.25, 0.3) is 0 Å². The summed E-state index contributed by atoms with van der Waals surface area (Å²) < 4.78 is 0. The van der Waals surface area contributed by atoms with Gasteiger partial charge in [-0.25, -0.2) is 9.97 Å². The molecular weight excluding hydrogens is 224 g/mol. The molecule has 1 aromatic rings. The molecule has 0 aliphatic rings. The SMILES string of the molecule is CC(C)NCc1nc(C(C)C)ncc1NC(C)C. The van der Waals surface area contributed by atoms with E-state index < -0.39 is 0 Å². The van der Waals surface area contributed by atoms with Crippen molar-refractivity contribution >= 4 is 5.69 Å². The molecule has 4 heteroatoms. The summed E-state index contributed by atoms with van der Waals surface area (Å²) in [5.41, 5.74) is 2.08. The molecule has 1 aromatic heterocycles. The molecule has 1 heterocycles. The molecular formula is C14H26N4. The molecule has 0 fully saturated rings. The molecule has 1 rings (SSSR count). The van der Waals surface area contributed by atoms with Crippen molar-refractivity contribution in [1.29, 1.82) is 0 Å². The quantitative estimate of drug-likeness (QED) is 0.815. The summed E-state index contributed by atoms with van der Waals surface area (Å²) in [7, 11) is 0. The number of nitrogens with zero attached hydrogens (tertiary/aromatic N) is 2. The number of rotatable bonds is 6. The predicted molar refractivity (Wildman–Crippen MR) is 76.9 cm³/mol. The van der Waals surface area contributed by atoms with E-state index in [0.29, 0.717) is 18.0 Å². The second-order valence-electron chi connectivity index (χ2n) is 5.58. The molecule has 0 spiro atoms. The summed E-state index contributed by atoms with van der Waals surface area (Å²) in [6.45, 7) is 13.5. The molecule has 18 heavy (non-hydrogen) atoms. The number of hydrogen-bond acceptors (Lipinski definition) is 4. The molecule has 0 radical (unpaired) electrons. The van der Waals surface area contributed by atoms with Crippen LogP contribution in [-0.2, 0) is 6.54 Å².